The van der Waals surface area contributed by atoms with Gasteiger partial charge in [0.1, 0.15) is 6.61 Å². The molecule has 1 fully saturated rings. The van der Waals surface area contributed by atoms with Crippen LogP contribution < -0.4 is 9.47 Å². The highest BCUT2D eigenvalue weighted by atomic mass is 16.5. The third kappa shape index (κ3) is 4.19. The van der Waals surface area contributed by atoms with Gasteiger partial charge in [0.2, 0.25) is 0 Å². The second-order valence-electron chi connectivity index (χ2n) is 6.46. The van der Waals surface area contributed by atoms with E-state index in [4.69, 9.17) is 15.0 Å². The SMILES string of the molecule is COc1cc(C(=O)N2CCCC2CO)c(N=[N+]=[N-])cc1OCc1ccccc1. The first kappa shape index (κ1) is 19.5. The smallest absolute Gasteiger partial charge is 0.254 e. The summed E-state index contributed by atoms with van der Waals surface area (Å²) >= 11 is 0. The van der Waals surface area contributed by atoms with Crippen LogP contribution in [-0.4, -0.2) is 42.2 Å². The Bertz CT molecular complexity index is 881. The van der Waals surface area contributed by atoms with Crippen LogP contribution in [0.25, 0.3) is 10.4 Å². The Morgan fingerprint density at radius 2 is 2.11 bits per heavy atom. The number of benzene rings is 2. The van der Waals surface area contributed by atoms with E-state index in [9.17, 15) is 9.90 Å². The van der Waals surface area contributed by atoms with E-state index in [-0.39, 0.29) is 29.8 Å². The maximum absolute atomic E-state index is 13.0. The van der Waals surface area contributed by atoms with Gasteiger partial charge in [-0.3, -0.25) is 4.79 Å². The number of azide groups is 1. The maximum Gasteiger partial charge on any atom is 0.254 e. The molecule has 1 atom stereocenters. The normalized spacial score (nSPS) is 15.8. The molecule has 8 heteroatoms. The van der Waals surface area contributed by atoms with Crippen molar-refractivity contribution in [1.82, 2.24) is 4.90 Å². The predicted molar refractivity (Wildman–Crippen MR) is 104 cm³/mol. The lowest BCUT2D eigenvalue weighted by atomic mass is 10.1. The Kier molecular flexibility index (Phi) is 6.37. The lowest BCUT2D eigenvalue weighted by Crippen LogP contribution is -2.37. The van der Waals surface area contributed by atoms with Crippen molar-refractivity contribution in [2.24, 2.45) is 5.11 Å². The lowest BCUT2D eigenvalue weighted by molar-refractivity contribution is 0.0678. The molecule has 3 rings (SSSR count). The second-order valence-corrected chi connectivity index (χ2v) is 6.46. The molecule has 28 heavy (non-hydrogen) atoms. The number of likely N-dealkylation sites (tertiary alicyclic amines) is 1. The summed E-state index contributed by atoms with van der Waals surface area (Å²) in [5.41, 5.74) is 10.3. The number of hydrogen-bond donors (Lipinski definition) is 1. The van der Waals surface area contributed by atoms with Gasteiger partial charge in [-0.05, 0) is 36.1 Å². The number of hydrogen-bond acceptors (Lipinski definition) is 5. The molecule has 0 saturated carbocycles. The first-order valence-electron chi connectivity index (χ1n) is 9.03. The first-order valence-corrected chi connectivity index (χ1v) is 9.03. The Labute approximate surface area is 162 Å². The number of ether oxygens (including phenoxy) is 2. The molecule has 146 valence electrons. The summed E-state index contributed by atoms with van der Waals surface area (Å²) in [4.78, 5) is 17.5. The summed E-state index contributed by atoms with van der Waals surface area (Å²) in [5.74, 6) is 0.452. The zero-order chi connectivity index (χ0) is 19.9. The monoisotopic (exact) mass is 382 g/mol. The zero-order valence-electron chi connectivity index (χ0n) is 15.6. The van der Waals surface area contributed by atoms with Gasteiger partial charge in [0.15, 0.2) is 11.5 Å². The minimum Gasteiger partial charge on any atom is -0.493 e. The maximum atomic E-state index is 13.0. The summed E-state index contributed by atoms with van der Waals surface area (Å²) in [6.45, 7) is 0.755. The van der Waals surface area contributed by atoms with Crippen LogP contribution in [0.15, 0.2) is 47.6 Å². The molecule has 1 unspecified atom stereocenters. The predicted octanol–water partition coefficient (Wildman–Crippen LogP) is 3.81. The molecule has 0 spiro atoms. The molecule has 2 aromatic carbocycles. The second kappa shape index (κ2) is 9.12. The average molecular weight is 382 g/mol. The molecular formula is C20H22N4O4. The van der Waals surface area contributed by atoms with E-state index in [2.05, 4.69) is 10.0 Å². The number of amides is 1. The van der Waals surface area contributed by atoms with E-state index >= 15 is 0 Å². The number of carbonyl (C=O) groups is 1. The van der Waals surface area contributed by atoms with Gasteiger partial charge in [-0.2, -0.15) is 0 Å². The molecule has 0 aliphatic carbocycles. The Hall–Kier alpha value is -3.22. The molecule has 1 N–H and O–H groups in total. The summed E-state index contributed by atoms with van der Waals surface area (Å²) in [6.07, 6.45) is 1.57. The van der Waals surface area contributed by atoms with Crippen molar-refractivity contribution in [3.05, 3.63) is 64.0 Å². The van der Waals surface area contributed by atoms with Gasteiger partial charge in [0.05, 0.1) is 31.0 Å². The number of rotatable bonds is 7. The van der Waals surface area contributed by atoms with E-state index in [0.29, 0.717) is 24.7 Å². The van der Waals surface area contributed by atoms with E-state index in [0.717, 1.165) is 18.4 Å². The van der Waals surface area contributed by atoms with Crippen LogP contribution in [0.3, 0.4) is 0 Å². The topological polar surface area (TPSA) is 108 Å². The standard InChI is InChI=1S/C20H22N4O4/c1-27-18-10-16(20(26)24-9-5-8-15(24)12-25)17(22-23-21)11-19(18)28-13-14-6-3-2-4-7-14/h2-4,6-7,10-11,15,25H,5,8-9,12-13H2,1H3. The molecule has 1 amide bonds. The number of nitrogens with zero attached hydrogens (tertiary/aromatic N) is 4. The molecule has 1 saturated heterocycles. The van der Waals surface area contributed by atoms with Gasteiger partial charge in [-0.25, -0.2) is 0 Å². The molecule has 1 heterocycles. The highest BCUT2D eigenvalue weighted by Crippen LogP contribution is 2.37. The molecule has 0 aromatic heterocycles. The van der Waals surface area contributed by atoms with Crippen molar-refractivity contribution >= 4 is 11.6 Å². The van der Waals surface area contributed by atoms with Gasteiger partial charge in [-0.15, -0.1) is 0 Å². The number of carbonyl (C=O) groups excluding carboxylic acids is 1. The highest BCUT2D eigenvalue weighted by Gasteiger charge is 2.30. The number of aliphatic hydroxyl groups is 1. The van der Waals surface area contributed by atoms with Crippen LogP contribution in [0.2, 0.25) is 0 Å². The fourth-order valence-electron chi connectivity index (χ4n) is 3.31. The molecule has 0 radical (unpaired) electrons. The highest BCUT2D eigenvalue weighted by molar-refractivity contribution is 6.00. The van der Waals surface area contributed by atoms with Gasteiger partial charge in [0, 0.05) is 11.5 Å². The van der Waals surface area contributed by atoms with Gasteiger partial charge in [-0.1, -0.05) is 35.4 Å². The van der Waals surface area contributed by atoms with Crippen LogP contribution in [0.5, 0.6) is 11.5 Å². The van der Waals surface area contributed by atoms with Crippen LogP contribution >= 0.6 is 0 Å². The van der Waals surface area contributed by atoms with Crippen LogP contribution in [0.1, 0.15) is 28.8 Å². The van der Waals surface area contributed by atoms with Crippen LogP contribution in [0, 0.1) is 0 Å². The molecule has 1 aliphatic heterocycles. The summed E-state index contributed by atoms with van der Waals surface area (Å²) in [5, 5.41) is 13.2. The first-order chi connectivity index (χ1) is 13.7. The molecule has 8 nitrogen and oxygen atoms in total. The van der Waals surface area contributed by atoms with Crippen molar-refractivity contribution < 1.29 is 19.4 Å². The van der Waals surface area contributed by atoms with Crippen LogP contribution in [0.4, 0.5) is 5.69 Å². The third-order valence-corrected chi connectivity index (χ3v) is 4.75. The van der Waals surface area contributed by atoms with Crippen LogP contribution in [-0.2, 0) is 6.61 Å². The Balaban J connectivity index is 1.92. The third-order valence-electron chi connectivity index (χ3n) is 4.75. The van der Waals surface area contributed by atoms with Gasteiger partial charge >= 0.3 is 0 Å². The molecule has 1 aliphatic rings. The largest absolute Gasteiger partial charge is 0.493 e. The Morgan fingerprint density at radius 1 is 1.32 bits per heavy atom. The fourth-order valence-corrected chi connectivity index (χ4v) is 3.31. The van der Waals surface area contributed by atoms with Crippen molar-refractivity contribution in [2.45, 2.75) is 25.5 Å². The van der Waals surface area contributed by atoms with E-state index in [1.807, 2.05) is 30.3 Å². The van der Waals surface area contributed by atoms with Crippen molar-refractivity contribution in [3.8, 4) is 11.5 Å². The van der Waals surface area contributed by atoms with Crippen molar-refractivity contribution in [1.29, 1.82) is 0 Å². The summed E-state index contributed by atoms with van der Waals surface area (Å²) in [7, 11) is 1.48. The molecule has 0 bridgehead atoms. The lowest BCUT2D eigenvalue weighted by Gasteiger charge is -2.24. The summed E-state index contributed by atoms with van der Waals surface area (Å²) in [6, 6.07) is 12.4. The van der Waals surface area contributed by atoms with E-state index in [1.54, 1.807) is 4.90 Å². The summed E-state index contributed by atoms with van der Waals surface area (Å²) < 4.78 is 11.2. The van der Waals surface area contributed by atoms with Crippen molar-refractivity contribution in [2.75, 3.05) is 20.3 Å². The van der Waals surface area contributed by atoms with Gasteiger partial charge < -0.3 is 19.5 Å². The molecule has 2 aromatic rings. The van der Waals surface area contributed by atoms with E-state index in [1.165, 1.54) is 19.2 Å². The average Bonchev–Trinajstić information content (AvgIpc) is 3.21. The van der Waals surface area contributed by atoms with Crippen molar-refractivity contribution in [3.63, 3.8) is 0 Å². The number of aliphatic hydroxyl groups excluding tert-OH is 1. The number of methoxy groups -OCH3 is 1. The quantitative estimate of drug-likeness (QED) is 0.446. The minimum atomic E-state index is -0.299. The van der Waals surface area contributed by atoms with E-state index < -0.39 is 0 Å². The Morgan fingerprint density at radius 3 is 2.79 bits per heavy atom. The molecular weight excluding hydrogens is 360 g/mol. The minimum absolute atomic E-state index is 0.0992. The fraction of sp³-hybridized carbons (Fsp3) is 0.350. The van der Waals surface area contributed by atoms with Gasteiger partial charge in [0.25, 0.3) is 5.91 Å². The zero-order valence-corrected chi connectivity index (χ0v) is 15.6.